The van der Waals surface area contributed by atoms with E-state index in [9.17, 15) is 14.4 Å². The lowest BCUT2D eigenvalue weighted by Gasteiger charge is -2.33. The second-order valence-corrected chi connectivity index (χ2v) is 8.26. The molecule has 0 saturated carbocycles. The number of nitrogens with zero attached hydrogens (tertiary/aromatic N) is 2. The van der Waals surface area contributed by atoms with Crippen LogP contribution < -0.4 is 5.56 Å². The fraction of sp³-hybridized carbons (Fsp3) is 0.391. The summed E-state index contributed by atoms with van der Waals surface area (Å²) in [7, 11) is 0. The van der Waals surface area contributed by atoms with Crippen LogP contribution in [0.3, 0.4) is 0 Å². The Bertz CT molecular complexity index is 1110. The summed E-state index contributed by atoms with van der Waals surface area (Å²) in [4.78, 5) is 53.3. The average Bonchev–Trinajstić information content (AvgIpc) is 3.37. The Kier molecular flexibility index (Phi) is 5.60. The minimum absolute atomic E-state index is 0.00612. The van der Waals surface area contributed by atoms with E-state index < -0.39 is 5.72 Å². The van der Waals surface area contributed by atoms with Crippen molar-refractivity contribution in [3.63, 3.8) is 0 Å². The molecule has 2 amide bonds. The monoisotopic (exact) mass is 439 g/mol. The molecule has 9 nitrogen and oxygen atoms in total. The van der Waals surface area contributed by atoms with Gasteiger partial charge in [0.25, 0.3) is 17.9 Å². The number of carbonyl (C=O) groups excluding carboxylic acids is 2. The summed E-state index contributed by atoms with van der Waals surface area (Å²) in [5.74, 6) is -0.333. The highest BCUT2D eigenvalue weighted by molar-refractivity contribution is 5.97. The molecule has 3 aliphatic rings. The van der Waals surface area contributed by atoms with Crippen LogP contribution in [0.4, 0.5) is 0 Å². The van der Waals surface area contributed by atoms with Crippen molar-refractivity contribution in [2.24, 2.45) is 0 Å². The zero-order chi connectivity index (χ0) is 23.0. The molecule has 1 spiro atoms. The molecule has 1 aromatic heterocycles. The van der Waals surface area contributed by atoms with E-state index in [1.807, 2.05) is 35.2 Å². The SMILES string of the molecule is Cc1cc(C)c(C(=O)N2CC[C@@]34OC[C@@H](c5ccccc5)N3C(=O)C[C@@H]24)c(=O)[nH]1.O=CO. The zero-order valence-corrected chi connectivity index (χ0v) is 17.9. The lowest BCUT2D eigenvalue weighted by molar-refractivity contribution is -0.138. The first-order chi connectivity index (χ1) is 15.3. The van der Waals surface area contributed by atoms with Gasteiger partial charge in [-0.15, -0.1) is 0 Å². The lowest BCUT2D eigenvalue weighted by atomic mass is 10.0. The van der Waals surface area contributed by atoms with Gasteiger partial charge in [-0.3, -0.25) is 19.2 Å². The number of aryl methyl sites for hydroxylation is 2. The van der Waals surface area contributed by atoms with Gasteiger partial charge in [0.2, 0.25) is 5.91 Å². The summed E-state index contributed by atoms with van der Waals surface area (Å²) >= 11 is 0. The molecule has 32 heavy (non-hydrogen) atoms. The van der Waals surface area contributed by atoms with Crippen molar-refractivity contribution in [2.45, 2.75) is 44.5 Å². The molecule has 9 heteroatoms. The van der Waals surface area contributed by atoms with Gasteiger partial charge in [0.1, 0.15) is 5.56 Å². The highest BCUT2D eigenvalue weighted by atomic mass is 16.5. The average molecular weight is 439 g/mol. The Hall–Kier alpha value is -3.46. The number of carbonyl (C=O) groups is 3. The molecule has 0 radical (unpaired) electrons. The molecule has 4 heterocycles. The number of pyridine rings is 1. The van der Waals surface area contributed by atoms with Gasteiger partial charge in [0.15, 0.2) is 5.72 Å². The van der Waals surface area contributed by atoms with Gasteiger partial charge in [-0.2, -0.15) is 0 Å². The number of aromatic amines is 1. The molecular formula is C23H25N3O6. The van der Waals surface area contributed by atoms with E-state index in [4.69, 9.17) is 14.6 Å². The van der Waals surface area contributed by atoms with E-state index in [0.717, 1.165) is 5.56 Å². The van der Waals surface area contributed by atoms with Crippen LogP contribution in [-0.4, -0.2) is 63.1 Å². The Morgan fingerprint density at radius 2 is 1.94 bits per heavy atom. The molecule has 2 aromatic rings. The lowest BCUT2D eigenvalue weighted by Crippen LogP contribution is -2.49. The zero-order valence-electron chi connectivity index (χ0n) is 17.9. The highest BCUT2D eigenvalue weighted by Gasteiger charge is 2.65. The maximum Gasteiger partial charge on any atom is 0.290 e. The first-order valence-electron chi connectivity index (χ1n) is 10.4. The summed E-state index contributed by atoms with van der Waals surface area (Å²) in [5.41, 5.74) is 1.37. The van der Waals surface area contributed by atoms with Gasteiger partial charge in [0.05, 0.1) is 25.1 Å². The standard InChI is InChI=1S/C22H23N3O4.CH2O2/c1-13-10-14(2)23-20(27)19(13)21(28)24-9-8-22-17(24)11-18(26)25(22)16(12-29-22)15-6-4-3-5-7-15;2-1-3/h3-7,10,16-17H,8-9,11-12H2,1-2H3,(H,23,27);1H,(H,2,3)/t16-,17+,22-;/m0./s1. The smallest absolute Gasteiger partial charge is 0.290 e. The first-order valence-corrected chi connectivity index (χ1v) is 10.4. The van der Waals surface area contributed by atoms with Crippen molar-refractivity contribution in [2.75, 3.05) is 13.2 Å². The third kappa shape index (κ3) is 3.29. The van der Waals surface area contributed by atoms with Gasteiger partial charge < -0.3 is 24.6 Å². The molecule has 3 aliphatic heterocycles. The predicted molar refractivity (Wildman–Crippen MR) is 114 cm³/mol. The highest BCUT2D eigenvalue weighted by Crippen LogP contribution is 2.51. The third-order valence-electron chi connectivity index (χ3n) is 6.48. The number of amides is 2. The van der Waals surface area contributed by atoms with Gasteiger partial charge >= 0.3 is 0 Å². The van der Waals surface area contributed by atoms with E-state index in [1.54, 1.807) is 24.8 Å². The van der Waals surface area contributed by atoms with Gasteiger partial charge in [0, 0.05) is 18.7 Å². The van der Waals surface area contributed by atoms with Crippen molar-refractivity contribution >= 4 is 18.3 Å². The topological polar surface area (TPSA) is 120 Å². The van der Waals surface area contributed by atoms with E-state index in [2.05, 4.69) is 4.98 Å². The maximum atomic E-state index is 13.3. The van der Waals surface area contributed by atoms with Crippen LogP contribution in [0.15, 0.2) is 41.2 Å². The van der Waals surface area contributed by atoms with E-state index in [0.29, 0.717) is 30.8 Å². The number of rotatable bonds is 2. The number of hydrogen-bond acceptors (Lipinski definition) is 5. The van der Waals surface area contributed by atoms with Crippen LogP contribution in [-0.2, 0) is 14.3 Å². The number of hydrogen-bond donors (Lipinski definition) is 2. The number of ether oxygens (including phenoxy) is 1. The predicted octanol–water partition coefficient (Wildman–Crippen LogP) is 1.61. The molecule has 2 N–H and O–H groups in total. The minimum atomic E-state index is -0.793. The molecule has 3 fully saturated rings. The number of likely N-dealkylation sites (tertiary alicyclic amines) is 1. The fourth-order valence-corrected chi connectivity index (χ4v) is 5.27. The summed E-state index contributed by atoms with van der Waals surface area (Å²) in [6.45, 7) is 4.18. The van der Waals surface area contributed by atoms with Crippen molar-refractivity contribution in [1.29, 1.82) is 0 Å². The Labute approximate surface area is 184 Å². The van der Waals surface area contributed by atoms with E-state index >= 15 is 0 Å². The van der Waals surface area contributed by atoms with Crippen molar-refractivity contribution in [3.05, 3.63) is 69.1 Å². The van der Waals surface area contributed by atoms with Crippen LogP contribution in [0.2, 0.25) is 0 Å². The molecule has 168 valence electrons. The van der Waals surface area contributed by atoms with Crippen LogP contribution in [0.1, 0.15) is 46.1 Å². The minimum Gasteiger partial charge on any atom is -0.483 e. The summed E-state index contributed by atoms with van der Waals surface area (Å²) in [5, 5.41) is 6.89. The second-order valence-electron chi connectivity index (χ2n) is 8.26. The molecule has 0 aliphatic carbocycles. The van der Waals surface area contributed by atoms with Crippen LogP contribution in [0.5, 0.6) is 0 Å². The van der Waals surface area contributed by atoms with Gasteiger partial charge in [-0.1, -0.05) is 30.3 Å². The van der Waals surface area contributed by atoms with Gasteiger partial charge in [-0.05, 0) is 31.0 Å². The Morgan fingerprint density at radius 3 is 2.59 bits per heavy atom. The van der Waals surface area contributed by atoms with Crippen LogP contribution in [0.25, 0.3) is 0 Å². The molecule has 0 unspecified atom stereocenters. The molecule has 3 atom stereocenters. The van der Waals surface area contributed by atoms with Crippen LogP contribution >= 0.6 is 0 Å². The molecule has 1 aromatic carbocycles. The fourth-order valence-electron chi connectivity index (χ4n) is 5.27. The molecule has 5 rings (SSSR count). The summed E-state index contributed by atoms with van der Waals surface area (Å²) in [6, 6.07) is 11.1. The summed E-state index contributed by atoms with van der Waals surface area (Å²) < 4.78 is 6.25. The maximum absolute atomic E-state index is 13.3. The first kappa shape index (κ1) is 21.8. The molecular weight excluding hydrogens is 414 g/mol. The number of carboxylic acid groups (broad SMARTS) is 1. The molecule has 0 bridgehead atoms. The number of H-pyrrole nitrogens is 1. The Balaban J connectivity index is 0.000000775. The quantitative estimate of drug-likeness (QED) is 0.686. The van der Waals surface area contributed by atoms with Crippen molar-refractivity contribution < 1.29 is 24.2 Å². The number of nitrogens with one attached hydrogen (secondary N) is 1. The number of aromatic nitrogens is 1. The third-order valence-corrected chi connectivity index (χ3v) is 6.48. The normalized spacial score (nSPS) is 25.8. The van der Waals surface area contributed by atoms with Crippen molar-refractivity contribution in [3.8, 4) is 0 Å². The van der Waals surface area contributed by atoms with E-state index in [1.165, 1.54) is 0 Å². The second kappa shape index (κ2) is 8.23. The summed E-state index contributed by atoms with van der Waals surface area (Å²) in [6.07, 6.45) is 0.777. The van der Waals surface area contributed by atoms with Crippen LogP contribution in [0, 0.1) is 13.8 Å². The number of benzene rings is 1. The Morgan fingerprint density at radius 1 is 1.25 bits per heavy atom. The van der Waals surface area contributed by atoms with Crippen molar-refractivity contribution in [1.82, 2.24) is 14.8 Å². The largest absolute Gasteiger partial charge is 0.483 e. The van der Waals surface area contributed by atoms with Gasteiger partial charge in [-0.25, -0.2) is 0 Å². The molecule has 3 saturated heterocycles. The van der Waals surface area contributed by atoms with E-state index in [-0.39, 0.29) is 47.9 Å².